The van der Waals surface area contributed by atoms with Crippen molar-refractivity contribution in [1.82, 2.24) is 5.32 Å². The van der Waals surface area contributed by atoms with Crippen molar-refractivity contribution in [2.75, 3.05) is 0 Å². The first-order valence-electron chi connectivity index (χ1n) is 4.32. The molecule has 0 spiro atoms. The molecule has 1 amide bonds. The third kappa shape index (κ3) is 1.97. The van der Waals surface area contributed by atoms with Crippen LogP contribution in [0.2, 0.25) is 0 Å². The van der Waals surface area contributed by atoms with Gasteiger partial charge in [0.1, 0.15) is 5.54 Å². The van der Waals surface area contributed by atoms with E-state index in [2.05, 4.69) is 5.32 Å². The molecule has 0 aromatic rings. The molecule has 0 aliphatic heterocycles. The molecular weight excluding hydrogens is 171 g/mol. The summed E-state index contributed by atoms with van der Waals surface area (Å²) < 4.78 is 13.4. The van der Waals surface area contributed by atoms with Crippen molar-refractivity contribution in [3.63, 3.8) is 0 Å². The second-order valence-electron chi connectivity index (χ2n) is 4.01. The van der Waals surface area contributed by atoms with Crippen molar-refractivity contribution >= 4 is 5.91 Å². The van der Waals surface area contributed by atoms with Gasteiger partial charge in [-0.25, -0.2) is 4.39 Å². The van der Waals surface area contributed by atoms with E-state index in [1.54, 1.807) is 13.8 Å². The maximum Gasteiger partial charge on any atom is 0.258 e. The third-order valence-electron chi connectivity index (χ3n) is 2.26. The topological polar surface area (TPSA) is 52.9 Å². The van der Waals surface area contributed by atoms with Crippen molar-refractivity contribution in [2.24, 2.45) is 0 Å². The van der Waals surface area contributed by atoms with Gasteiger partial charge in [-0.05, 0) is 33.1 Å². The van der Waals surface area contributed by atoms with Gasteiger partial charge < -0.3 is 5.32 Å². The Balaban J connectivity index is 2.56. The lowest BCUT2D eigenvalue weighted by atomic mass is 9.81. The SMILES string of the molecule is CC(C)(C#N)NC(=O)C1(F)CCC1. The molecule has 0 radical (unpaired) electrons. The van der Waals surface area contributed by atoms with Gasteiger partial charge >= 0.3 is 0 Å². The smallest absolute Gasteiger partial charge is 0.258 e. The molecule has 0 atom stereocenters. The number of rotatable bonds is 2. The number of nitriles is 1. The molecule has 0 heterocycles. The van der Waals surface area contributed by atoms with Crippen LogP contribution in [0.5, 0.6) is 0 Å². The number of halogens is 1. The summed E-state index contributed by atoms with van der Waals surface area (Å²) in [6.45, 7) is 3.10. The Hall–Kier alpha value is -1.11. The molecule has 3 nitrogen and oxygen atoms in total. The molecule has 0 unspecified atom stereocenters. The van der Waals surface area contributed by atoms with Crippen molar-refractivity contribution in [1.29, 1.82) is 5.26 Å². The van der Waals surface area contributed by atoms with E-state index in [-0.39, 0.29) is 12.8 Å². The lowest BCUT2D eigenvalue weighted by molar-refractivity contribution is -0.139. The molecule has 0 aromatic heterocycles. The van der Waals surface area contributed by atoms with E-state index in [4.69, 9.17) is 5.26 Å². The normalized spacial score (nSPS) is 19.8. The van der Waals surface area contributed by atoms with Gasteiger partial charge in [-0.15, -0.1) is 0 Å². The summed E-state index contributed by atoms with van der Waals surface area (Å²) in [7, 11) is 0. The number of hydrogen-bond donors (Lipinski definition) is 1. The lowest BCUT2D eigenvalue weighted by Crippen LogP contribution is -2.54. The zero-order chi connectivity index (χ0) is 10.1. The van der Waals surface area contributed by atoms with Crippen LogP contribution in [0, 0.1) is 11.3 Å². The average molecular weight is 184 g/mol. The maximum absolute atomic E-state index is 13.4. The Morgan fingerprint density at radius 3 is 2.46 bits per heavy atom. The zero-order valence-electron chi connectivity index (χ0n) is 7.85. The van der Waals surface area contributed by atoms with E-state index >= 15 is 0 Å². The first kappa shape index (κ1) is 9.97. The number of alkyl halides is 1. The molecule has 1 aliphatic rings. The highest BCUT2D eigenvalue weighted by Gasteiger charge is 2.45. The fourth-order valence-corrected chi connectivity index (χ4v) is 1.14. The minimum absolute atomic E-state index is 0.278. The minimum Gasteiger partial charge on any atom is -0.336 e. The molecule has 1 aliphatic carbocycles. The highest BCUT2D eigenvalue weighted by atomic mass is 19.1. The first-order valence-corrected chi connectivity index (χ1v) is 4.32. The van der Waals surface area contributed by atoms with Crippen LogP contribution in [0.15, 0.2) is 0 Å². The quantitative estimate of drug-likeness (QED) is 0.703. The second kappa shape index (κ2) is 2.99. The average Bonchev–Trinajstić information content (AvgIpc) is 1.99. The van der Waals surface area contributed by atoms with E-state index < -0.39 is 17.1 Å². The van der Waals surface area contributed by atoms with Gasteiger partial charge in [0.2, 0.25) is 0 Å². The van der Waals surface area contributed by atoms with Crippen LogP contribution < -0.4 is 5.32 Å². The second-order valence-corrected chi connectivity index (χ2v) is 4.01. The van der Waals surface area contributed by atoms with E-state index in [0.29, 0.717) is 0 Å². The summed E-state index contributed by atoms with van der Waals surface area (Å²) in [5.41, 5.74) is -2.69. The summed E-state index contributed by atoms with van der Waals surface area (Å²) in [5, 5.41) is 11.0. The van der Waals surface area contributed by atoms with E-state index in [1.165, 1.54) is 0 Å². The van der Waals surface area contributed by atoms with Gasteiger partial charge in [0.05, 0.1) is 6.07 Å². The molecule has 1 fully saturated rings. The van der Waals surface area contributed by atoms with Crippen molar-refractivity contribution in [3.05, 3.63) is 0 Å². The summed E-state index contributed by atoms with van der Waals surface area (Å²) in [6.07, 6.45) is 1.30. The Labute approximate surface area is 76.9 Å². The molecular formula is C9H13FN2O. The van der Waals surface area contributed by atoms with Crippen LogP contribution in [-0.2, 0) is 4.79 Å². The first-order chi connectivity index (χ1) is 5.90. The van der Waals surface area contributed by atoms with Crippen molar-refractivity contribution in [2.45, 2.75) is 44.3 Å². The molecule has 4 heteroatoms. The van der Waals surface area contributed by atoms with E-state index in [9.17, 15) is 9.18 Å². The highest BCUT2D eigenvalue weighted by molar-refractivity contribution is 5.86. The molecule has 13 heavy (non-hydrogen) atoms. The molecule has 0 aromatic carbocycles. The number of hydrogen-bond acceptors (Lipinski definition) is 2. The number of nitrogens with one attached hydrogen (secondary N) is 1. The van der Waals surface area contributed by atoms with Crippen LogP contribution in [0.25, 0.3) is 0 Å². The summed E-state index contributed by atoms with van der Waals surface area (Å²) in [5.74, 6) is -0.648. The molecule has 72 valence electrons. The molecule has 0 saturated heterocycles. The summed E-state index contributed by atoms with van der Waals surface area (Å²) in [6, 6.07) is 1.89. The minimum atomic E-state index is -1.71. The zero-order valence-corrected chi connectivity index (χ0v) is 7.85. The molecule has 0 bridgehead atoms. The Bertz CT molecular complexity index is 263. The van der Waals surface area contributed by atoms with Gasteiger partial charge in [0.15, 0.2) is 5.67 Å². The molecule has 1 N–H and O–H groups in total. The van der Waals surface area contributed by atoms with Gasteiger partial charge in [0.25, 0.3) is 5.91 Å². The largest absolute Gasteiger partial charge is 0.336 e. The van der Waals surface area contributed by atoms with E-state index in [1.807, 2.05) is 6.07 Å². The van der Waals surface area contributed by atoms with Crippen LogP contribution in [-0.4, -0.2) is 17.1 Å². The monoisotopic (exact) mass is 184 g/mol. The fourth-order valence-electron chi connectivity index (χ4n) is 1.14. The van der Waals surface area contributed by atoms with Gasteiger partial charge in [-0.2, -0.15) is 5.26 Å². The van der Waals surface area contributed by atoms with Crippen molar-refractivity contribution < 1.29 is 9.18 Å². The number of nitrogens with zero attached hydrogens (tertiary/aromatic N) is 1. The van der Waals surface area contributed by atoms with Crippen molar-refractivity contribution in [3.8, 4) is 6.07 Å². The standard InChI is InChI=1S/C9H13FN2O/c1-8(2,6-11)12-7(13)9(10)4-3-5-9/h3-5H2,1-2H3,(H,12,13). The third-order valence-corrected chi connectivity index (χ3v) is 2.26. The lowest BCUT2D eigenvalue weighted by Gasteiger charge is -2.34. The Kier molecular flexibility index (Phi) is 2.29. The van der Waals surface area contributed by atoms with Gasteiger partial charge in [-0.3, -0.25) is 4.79 Å². The van der Waals surface area contributed by atoms with Crippen LogP contribution in [0.3, 0.4) is 0 Å². The predicted octanol–water partition coefficient (Wildman–Crippen LogP) is 1.30. The number of amides is 1. The van der Waals surface area contributed by atoms with Crippen LogP contribution in [0.1, 0.15) is 33.1 Å². The Morgan fingerprint density at radius 1 is 1.62 bits per heavy atom. The predicted molar refractivity (Wildman–Crippen MR) is 45.5 cm³/mol. The summed E-state index contributed by atoms with van der Waals surface area (Å²) in [4.78, 5) is 11.3. The van der Waals surface area contributed by atoms with Crippen LogP contribution in [0.4, 0.5) is 4.39 Å². The maximum atomic E-state index is 13.4. The van der Waals surface area contributed by atoms with Gasteiger partial charge in [-0.1, -0.05) is 0 Å². The number of carbonyl (C=O) groups excluding carboxylic acids is 1. The molecule has 1 rings (SSSR count). The van der Waals surface area contributed by atoms with E-state index in [0.717, 1.165) is 6.42 Å². The Morgan fingerprint density at radius 2 is 2.15 bits per heavy atom. The number of carbonyl (C=O) groups is 1. The molecule has 1 saturated carbocycles. The summed E-state index contributed by atoms with van der Waals surface area (Å²) >= 11 is 0. The highest BCUT2D eigenvalue weighted by Crippen LogP contribution is 2.36. The van der Waals surface area contributed by atoms with Crippen LogP contribution >= 0.6 is 0 Å². The fraction of sp³-hybridized carbons (Fsp3) is 0.778. The van der Waals surface area contributed by atoms with Gasteiger partial charge in [0, 0.05) is 0 Å².